The second-order valence-corrected chi connectivity index (χ2v) is 8.90. The number of nitrogens with zero attached hydrogens (tertiary/aromatic N) is 7. The summed E-state index contributed by atoms with van der Waals surface area (Å²) in [6.07, 6.45) is 2.04. The third-order valence-electron chi connectivity index (χ3n) is 6.51. The van der Waals surface area contributed by atoms with Crippen molar-refractivity contribution in [3.8, 4) is 23.0 Å². The maximum Gasteiger partial charge on any atom is 0.204 e. The second kappa shape index (κ2) is 8.60. The Morgan fingerprint density at radius 3 is 1.53 bits per heavy atom. The summed E-state index contributed by atoms with van der Waals surface area (Å²) < 4.78 is 4.16. The van der Waals surface area contributed by atoms with Crippen LogP contribution in [-0.2, 0) is 0 Å². The number of fused-ring (bicyclic) bond motifs is 2. The third-order valence-corrected chi connectivity index (χ3v) is 6.51. The topological polar surface area (TPSA) is 97.3 Å². The summed E-state index contributed by atoms with van der Waals surface area (Å²) in [5.41, 5.74) is 5.33. The first-order valence-corrected chi connectivity index (χ1v) is 12.4. The van der Waals surface area contributed by atoms with Crippen LogP contribution in [0.3, 0.4) is 0 Å². The molecule has 0 fully saturated rings. The zero-order valence-electron chi connectivity index (χ0n) is 19.7. The number of rotatable bonds is 2. The molecule has 0 saturated heterocycles. The van der Waals surface area contributed by atoms with E-state index in [9.17, 15) is 0 Å². The van der Waals surface area contributed by atoms with Crippen molar-refractivity contribution in [2.45, 2.75) is 12.8 Å². The Balaban J connectivity index is 1.42. The quantitative estimate of drug-likeness (QED) is 0.407. The summed E-state index contributed by atoms with van der Waals surface area (Å²) in [6.45, 7) is 3.36. The van der Waals surface area contributed by atoms with Crippen LogP contribution in [0, 0.1) is 0 Å². The Morgan fingerprint density at radius 1 is 0.556 bits per heavy atom. The molecule has 9 nitrogen and oxygen atoms in total. The first kappa shape index (κ1) is 20.8. The molecule has 9 heteroatoms. The summed E-state index contributed by atoms with van der Waals surface area (Å²) in [5.74, 6) is 3.12. The molecule has 2 aromatic carbocycles. The van der Waals surface area contributed by atoms with Gasteiger partial charge in [0.25, 0.3) is 0 Å². The maximum atomic E-state index is 5.08. The largest absolute Gasteiger partial charge is 0.356 e. The summed E-state index contributed by atoms with van der Waals surface area (Å²) in [6, 6.07) is 22.2. The van der Waals surface area contributed by atoms with E-state index in [1.807, 2.05) is 54.6 Å². The van der Waals surface area contributed by atoms with E-state index in [2.05, 4.69) is 31.9 Å². The molecule has 36 heavy (non-hydrogen) atoms. The number of nitrogens with one attached hydrogen (secondary N) is 2. The fourth-order valence-corrected chi connectivity index (χ4v) is 4.85. The van der Waals surface area contributed by atoms with Gasteiger partial charge in [0, 0.05) is 26.2 Å². The predicted octanol–water partition coefficient (Wildman–Crippen LogP) is 3.51. The number of pyridine rings is 1. The minimum absolute atomic E-state index is 0.752. The molecule has 5 heterocycles. The number of benzene rings is 2. The number of hydrogen-bond donors (Lipinski definition) is 2. The number of hydrogen-bond acceptors (Lipinski definition) is 7. The number of para-hydroxylation sites is 4. The highest BCUT2D eigenvalue weighted by Crippen LogP contribution is 2.28. The minimum atomic E-state index is 0.752. The zero-order chi connectivity index (χ0) is 23.9. The fourth-order valence-electron chi connectivity index (χ4n) is 4.85. The van der Waals surface area contributed by atoms with E-state index in [0.29, 0.717) is 0 Å². The lowest BCUT2D eigenvalue weighted by Gasteiger charge is -2.18. The van der Waals surface area contributed by atoms with Crippen LogP contribution in [0.15, 0.2) is 76.7 Å². The van der Waals surface area contributed by atoms with E-state index in [1.165, 1.54) is 0 Å². The molecule has 2 N–H and O–H groups in total. The molecular weight excluding hydrogens is 450 g/mol. The van der Waals surface area contributed by atoms with E-state index in [1.54, 1.807) is 0 Å². The van der Waals surface area contributed by atoms with Crippen molar-refractivity contribution in [3.05, 3.63) is 66.7 Å². The fraction of sp³-hybridized carbons (Fsp3) is 0.222. The van der Waals surface area contributed by atoms with Crippen LogP contribution >= 0.6 is 0 Å². The van der Waals surface area contributed by atoms with E-state index in [-0.39, 0.29) is 0 Å². The summed E-state index contributed by atoms with van der Waals surface area (Å²) in [5, 5.41) is 6.89. The molecule has 0 saturated carbocycles. The molecular formula is C27H25N9. The van der Waals surface area contributed by atoms with Gasteiger partial charge in [-0.3, -0.25) is 19.1 Å². The van der Waals surface area contributed by atoms with Crippen molar-refractivity contribution in [2.75, 3.05) is 26.2 Å². The standard InChI is InChI=1S/C27H25N9/c1-3-12-22-18(8-1)33-24(35(22)26-28-14-6-15-29-26)20-10-5-11-21(32-20)25-34-19-9-2-4-13-23(19)36(25)27-30-16-7-17-31-27/h1-5,8-13H,6-7,14-17H2,(H,28,29)(H,30,31). The Kier molecular flexibility index (Phi) is 4.97. The van der Waals surface area contributed by atoms with Gasteiger partial charge in [-0.15, -0.1) is 0 Å². The van der Waals surface area contributed by atoms with Gasteiger partial charge in [0.2, 0.25) is 11.9 Å². The molecule has 0 spiro atoms. The lowest BCUT2D eigenvalue weighted by atomic mass is 10.2. The highest BCUT2D eigenvalue weighted by Gasteiger charge is 2.22. The molecule has 3 aromatic heterocycles. The van der Waals surface area contributed by atoms with Gasteiger partial charge < -0.3 is 10.6 Å². The molecule has 0 atom stereocenters. The van der Waals surface area contributed by atoms with Gasteiger partial charge in [-0.2, -0.15) is 0 Å². The van der Waals surface area contributed by atoms with Gasteiger partial charge >= 0.3 is 0 Å². The van der Waals surface area contributed by atoms with Gasteiger partial charge in [0.05, 0.1) is 22.1 Å². The molecule has 178 valence electrons. The monoisotopic (exact) mass is 475 g/mol. The van der Waals surface area contributed by atoms with Crippen molar-refractivity contribution in [2.24, 2.45) is 9.98 Å². The molecule has 0 radical (unpaired) electrons. The molecule has 2 aliphatic heterocycles. The van der Waals surface area contributed by atoms with Crippen LogP contribution < -0.4 is 10.6 Å². The van der Waals surface area contributed by atoms with Gasteiger partial charge in [-0.25, -0.2) is 15.0 Å². The number of aliphatic imine (C=N–C) groups is 2. The molecule has 0 amide bonds. The molecule has 0 aliphatic carbocycles. The van der Waals surface area contributed by atoms with E-state index in [0.717, 1.165) is 96.0 Å². The van der Waals surface area contributed by atoms with E-state index < -0.39 is 0 Å². The highest BCUT2D eigenvalue weighted by molar-refractivity contribution is 5.98. The molecule has 2 aliphatic rings. The van der Waals surface area contributed by atoms with Crippen LogP contribution in [0.5, 0.6) is 0 Å². The normalized spacial score (nSPS) is 15.9. The molecule has 0 unspecified atom stereocenters. The second-order valence-electron chi connectivity index (χ2n) is 8.90. The lowest BCUT2D eigenvalue weighted by molar-refractivity contribution is 0.721. The van der Waals surface area contributed by atoms with Gasteiger partial charge in [0.1, 0.15) is 11.4 Å². The number of imidazole rings is 2. The summed E-state index contributed by atoms with van der Waals surface area (Å²) >= 11 is 0. The third kappa shape index (κ3) is 3.43. The van der Waals surface area contributed by atoms with Crippen LogP contribution in [0.2, 0.25) is 0 Å². The Morgan fingerprint density at radius 2 is 1.06 bits per heavy atom. The maximum absolute atomic E-state index is 5.08. The van der Waals surface area contributed by atoms with Crippen LogP contribution in [-0.4, -0.2) is 62.2 Å². The van der Waals surface area contributed by atoms with Crippen molar-refractivity contribution in [1.82, 2.24) is 34.7 Å². The number of aromatic nitrogens is 5. The lowest BCUT2D eigenvalue weighted by Crippen LogP contribution is -2.35. The van der Waals surface area contributed by atoms with Gasteiger partial charge in [-0.05, 0) is 49.2 Å². The first-order valence-electron chi connectivity index (χ1n) is 12.4. The van der Waals surface area contributed by atoms with Crippen LogP contribution in [0.1, 0.15) is 12.8 Å². The predicted molar refractivity (Wildman–Crippen MR) is 142 cm³/mol. The summed E-state index contributed by atoms with van der Waals surface area (Å²) in [4.78, 5) is 24.5. The summed E-state index contributed by atoms with van der Waals surface area (Å²) in [7, 11) is 0. The van der Waals surface area contributed by atoms with E-state index in [4.69, 9.17) is 24.9 Å². The molecule has 0 bridgehead atoms. The van der Waals surface area contributed by atoms with Crippen molar-refractivity contribution in [3.63, 3.8) is 0 Å². The molecule has 5 aromatic rings. The average molecular weight is 476 g/mol. The van der Waals surface area contributed by atoms with Crippen LogP contribution in [0.4, 0.5) is 0 Å². The van der Waals surface area contributed by atoms with Gasteiger partial charge in [0.15, 0.2) is 11.6 Å². The van der Waals surface area contributed by atoms with Gasteiger partial charge in [-0.1, -0.05) is 30.3 Å². The van der Waals surface area contributed by atoms with E-state index >= 15 is 0 Å². The Bertz CT molecular complexity index is 1540. The smallest absolute Gasteiger partial charge is 0.204 e. The minimum Gasteiger partial charge on any atom is -0.356 e. The molecule has 7 rings (SSSR count). The van der Waals surface area contributed by atoms with Crippen molar-refractivity contribution in [1.29, 1.82) is 0 Å². The average Bonchev–Trinajstić information content (AvgIpc) is 3.53. The van der Waals surface area contributed by atoms with Crippen molar-refractivity contribution < 1.29 is 0 Å². The first-order chi connectivity index (χ1) is 17.9. The Labute approximate surface area is 207 Å². The highest BCUT2D eigenvalue weighted by atomic mass is 15.3. The van der Waals surface area contributed by atoms with Crippen molar-refractivity contribution >= 4 is 34.0 Å². The SMILES string of the molecule is c1cc(-c2nc3ccccc3n2C2=NCCCN2)nc(-c2nc3ccccc3n2C2=NCCCN2)c1. The Hall–Kier alpha value is -4.53. The zero-order valence-corrected chi connectivity index (χ0v) is 19.7. The van der Waals surface area contributed by atoms with Crippen LogP contribution in [0.25, 0.3) is 45.1 Å².